The zero-order valence-electron chi connectivity index (χ0n) is 14.9. The van der Waals surface area contributed by atoms with Crippen LogP contribution >= 0.6 is 0 Å². The van der Waals surface area contributed by atoms with Gasteiger partial charge in [0.15, 0.2) is 5.65 Å². The second-order valence-corrected chi connectivity index (χ2v) is 6.45. The van der Waals surface area contributed by atoms with Crippen molar-refractivity contribution in [3.8, 4) is 16.9 Å². The van der Waals surface area contributed by atoms with Crippen molar-refractivity contribution in [1.82, 2.24) is 14.6 Å². The maximum absolute atomic E-state index is 5.53. The Morgan fingerprint density at radius 3 is 2.67 bits per heavy atom. The predicted octanol–water partition coefficient (Wildman–Crippen LogP) is 4.09. The Morgan fingerprint density at radius 1 is 1.21 bits per heavy atom. The lowest BCUT2D eigenvalue weighted by Crippen LogP contribution is -2.12. The van der Waals surface area contributed by atoms with Crippen molar-refractivity contribution < 1.29 is 4.74 Å². The van der Waals surface area contributed by atoms with Crippen LogP contribution in [0.15, 0.2) is 30.3 Å². The Kier molecular flexibility index (Phi) is 4.42. The first kappa shape index (κ1) is 16.3. The fourth-order valence-corrected chi connectivity index (χ4v) is 2.85. The highest BCUT2D eigenvalue weighted by Gasteiger charge is 2.18. The molecule has 0 amide bonds. The van der Waals surface area contributed by atoms with Crippen LogP contribution in [0.1, 0.15) is 25.2 Å². The molecule has 2 aromatic heterocycles. The van der Waals surface area contributed by atoms with Gasteiger partial charge in [-0.1, -0.05) is 32.0 Å². The van der Waals surface area contributed by atoms with Gasteiger partial charge in [0, 0.05) is 23.9 Å². The number of nitrogens with zero attached hydrogens (tertiary/aromatic N) is 3. The predicted molar refractivity (Wildman–Crippen MR) is 97.8 cm³/mol. The van der Waals surface area contributed by atoms with Gasteiger partial charge in [0.05, 0.1) is 18.4 Å². The number of aromatic nitrogens is 3. The molecule has 0 unspecified atom stereocenters. The van der Waals surface area contributed by atoms with Crippen molar-refractivity contribution in [1.29, 1.82) is 0 Å². The molecular formula is C19H24N4O. The lowest BCUT2D eigenvalue weighted by atomic mass is 10.1. The number of anilines is 1. The molecule has 0 saturated heterocycles. The van der Waals surface area contributed by atoms with Crippen LogP contribution in [0.25, 0.3) is 16.8 Å². The number of hydrogen-bond donors (Lipinski definition) is 1. The summed E-state index contributed by atoms with van der Waals surface area (Å²) in [5.74, 6) is 2.35. The second kappa shape index (κ2) is 6.51. The van der Waals surface area contributed by atoms with E-state index in [1.807, 2.05) is 48.7 Å². The van der Waals surface area contributed by atoms with Crippen molar-refractivity contribution >= 4 is 11.5 Å². The molecule has 0 atom stereocenters. The number of benzene rings is 1. The molecule has 3 rings (SSSR count). The quantitative estimate of drug-likeness (QED) is 0.768. The van der Waals surface area contributed by atoms with Gasteiger partial charge in [-0.15, -0.1) is 0 Å². The molecule has 0 aliphatic rings. The maximum atomic E-state index is 5.53. The second-order valence-electron chi connectivity index (χ2n) is 6.45. The summed E-state index contributed by atoms with van der Waals surface area (Å²) in [5.41, 5.74) is 4.78. The molecule has 2 heterocycles. The normalized spacial score (nSPS) is 11.2. The highest BCUT2D eigenvalue weighted by molar-refractivity contribution is 5.84. The summed E-state index contributed by atoms with van der Waals surface area (Å²) < 4.78 is 7.43. The minimum atomic E-state index is 0.555. The third-order valence-electron chi connectivity index (χ3n) is 3.96. The average molecular weight is 324 g/mol. The molecule has 0 fully saturated rings. The highest BCUT2D eigenvalue weighted by Crippen LogP contribution is 2.35. The molecule has 3 aromatic rings. The number of para-hydroxylation sites is 1. The lowest BCUT2D eigenvalue weighted by Gasteiger charge is -2.12. The van der Waals surface area contributed by atoms with E-state index in [1.165, 1.54) is 0 Å². The van der Waals surface area contributed by atoms with E-state index < -0.39 is 0 Å². The van der Waals surface area contributed by atoms with Crippen molar-refractivity contribution in [3.05, 3.63) is 41.7 Å². The molecule has 126 valence electrons. The van der Waals surface area contributed by atoms with Crippen LogP contribution in [0.2, 0.25) is 0 Å². The molecule has 0 bridgehead atoms. The van der Waals surface area contributed by atoms with Gasteiger partial charge in [0.1, 0.15) is 11.6 Å². The molecule has 0 saturated carbocycles. The Hall–Kier alpha value is -2.56. The van der Waals surface area contributed by atoms with E-state index in [0.717, 1.165) is 46.3 Å². The summed E-state index contributed by atoms with van der Waals surface area (Å²) in [5, 5.41) is 8.20. The molecule has 5 nitrogen and oxygen atoms in total. The van der Waals surface area contributed by atoms with Gasteiger partial charge in [0.25, 0.3) is 0 Å². The van der Waals surface area contributed by atoms with Gasteiger partial charge in [-0.2, -0.15) is 9.61 Å². The van der Waals surface area contributed by atoms with E-state index in [-0.39, 0.29) is 0 Å². The number of fused-ring (bicyclic) bond motifs is 1. The van der Waals surface area contributed by atoms with Crippen LogP contribution in [-0.2, 0) is 0 Å². The summed E-state index contributed by atoms with van der Waals surface area (Å²) >= 11 is 0. The average Bonchev–Trinajstić information content (AvgIpc) is 2.88. The van der Waals surface area contributed by atoms with Crippen LogP contribution in [0.5, 0.6) is 5.75 Å². The Morgan fingerprint density at radius 2 is 1.96 bits per heavy atom. The third kappa shape index (κ3) is 2.94. The highest BCUT2D eigenvalue weighted by atomic mass is 16.5. The minimum Gasteiger partial charge on any atom is -0.496 e. The topological polar surface area (TPSA) is 51.5 Å². The standard InChI is InChI=1S/C19H24N4O/c1-12(2)11-20-17-10-13(3)21-19-18(14(4)22-23(17)19)15-8-6-7-9-16(15)24-5/h6-10,12,20H,11H2,1-5H3. The van der Waals surface area contributed by atoms with Crippen molar-refractivity contribution in [2.24, 2.45) is 5.92 Å². The maximum Gasteiger partial charge on any atom is 0.165 e. The fraction of sp³-hybridized carbons (Fsp3) is 0.368. The van der Waals surface area contributed by atoms with Crippen LogP contribution in [0.4, 0.5) is 5.82 Å². The van der Waals surface area contributed by atoms with Gasteiger partial charge in [-0.3, -0.25) is 0 Å². The molecule has 1 aromatic carbocycles. The molecular weight excluding hydrogens is 300 g/mol. The number of nitrogens with one attached hydrogen (secondary N) is 1. The van der Waals surface area contributed by atoms with Crippen LogP contribution in [0, 0.1) is 19.8 Å². The lowest BCUT2D eigenvalue weighted by molar-refractivity contribution is 0.416. The van der Waals surface area contributed by atoms with Crippen molar-refractivity contribution in [3.63, 3.8) is 0 Å². The van der Waals surface area contributed by atoms with Crippen LogP contribution in [0.3, 0.4) is 0 Å². The van der Waals surface area contributed by atoms with Gasteiger partial charge in [-0.25, -0.2) is 4.98 Å². The molecule has 0 spiro atoms. The fourth-order valence-electron chi connectivity index (χ4n) is 2.85. The minimum absolute atomic E-state index is 0.555. The summed E-state index contributed by atoms with van der Waals surface area (Å²) in [6.07, 6.45) is 0. The zero-order valence-corrected chi connectivity index (χ0v) is 14.9. The van der Waals surface area contributed by atoms with Gasteiger partial charge < -0.3 is 10.1 Å². The number of ether oxygens (including phenoxy) is 1. The first-order chi connectivity index (χ1) is 11.5. The van der Waals surface area contributed by atoms with E-state index in [0.29, 0.717) is 5.92 Å². The molecule has 1 N–H and O–H groups in total. The molecule has 0 aliphatic heterocycles. The summed E-state index contributed by atoms with van der Waals surface area (Å²) in [7, 11) is 1.69. The van der Waals surface area contributed by atoms with E-state index >= 15 is 0 Å². The Labute approximate surface area is 142 Å². The Bertz CT molecular complexity index is 867. The van der Waals surface area contributed by atoms with E-state index in [1.54, 1.807) is 7.11 Å². The zero-order chi connectivity index (χ0) is 17.3. The van der Waals surface area contributed by atoms with Gasteiger partial charge >= 0.3 is 0 Å². The summed E-state index contributed by atoms with van der Waals surface area (Å²) in [6.45, 7) is 9.29. The smallest absolute Gasteiger partial charge is 0.165 e. The van der Waals surface area contributed by atoms with Gasteiger partial charge in [0.2, 0.25) is 0 Å². The number of methoxy groups -OCH3 is 1. The van der Waals surface area contributed by atoms with Gasteiger partial charge in [-0.05, 0) is 25.8 Å². The number of rotatable bonds is 5. The first-order valence-electron chi connectivity index (χ1n) is 8.25. The molecule has 0 aliphatic carbocycles. The molecule has 0 radical (unpaired) electrons. The van der Waals surface area contributed by atoms with Crippen LogP contribution < -0.4 is 10.1 Å². The first-order valence-corrected chi connectivity index (χ1v) is 8.25. The summed E-state index contributed by atoms with van der Waals surface area (Å²) in [4.78, 5) is 4.74. The molecule has 24 heavy (non-hydrogen) atoms. The Balaban J connectivity index is 2.21. The number of hydrogen-bond acceptors (Lipinski definition) is 4. The summed E-state index contributed by atoms with van der Waals surface area (Å²) in [6, 6.07) is 10.0. The SMILES string of the molecule is COc1ccccc1-c1c(C)nn2c(NCC(C)C)cc(C)nc12. The monoisotopic (exact) mass is 324 g/mol. The van der Waals surface area contributed by atoms with Crippen molar-refractivity contribution in [2.45, 2.75) is 27.7 Å². The van der Waals surface area contributed by atoms with E-state index in [9.17, 15) is 0 Å². The third-order valence-corrected chi connectivity index (χ3v) is 3.96. The van der Waals surface area contributed by atoms with Crippen molar-refractivity contribution in [2.75, 3.05) is 19.0 Å². The molecule has 5 heteroatoms. The van der Waals surface area contributed by atoms with Crippen LogP contribution in [-0.4, -0.2) is 28.3 Å². The van der Waals surface area contributed by atoms with E-state index in [4.69, 9.17) is 14.8 Å². The number of aryl methyl sites for hydroxylation is 2. The largest absolute Gasteiger partial charge is 0.496 e. The van der Waals surface area contributed by atoms with E-state index in [2.05, 4.69) is 19.2 Å².